The maximum Gasteiger partial charge on any atom is 0.252 e. The van der Waals surface area contributed by atoms with E-state index in [1.807, 2.05) is 6.07 Å². The van der Waals surface area contributed by atoms with E-state index < -0.39 is 11.7 Å². The van der Waals surface area contributed by atoms with E-state index in [0.29, 0.717) is 10.3 Å². The number of hydrogen-bond acceptors (Lipinski definition) is 4. The number of hydrogen-bond donors (Lipinski definition) is 2. The van der Waals surface area contributed by atoms with Crippen molar-refractivity contribution in [3.8, 4) is 0 Å². The Morgan fingerprint density at radius 3 is 2.64 bits per heavy atom. The lowest BCUT2D eigenvalue weighted by Crippen LogP contribution is -2.29. The van der Waals surface area contributed by atoms with Crippen molar-refractivity contribution >= 4 is 39.2 Å². The molecule has 2 heterocycles. The second-order valence-corrected chi connectivity index (χ2v) is 7.48. The number of pyridine rings is 1. The van der Waals surface area contributed by atoms with Crippen molar-refractivity contribution in [3.63, 3.8) is 0 Å². The van der Waals surface area contributed by atoms with Crippen molar-refractivity contribution in [1.29, 1.82) is 0 Å². The summed E-state index contributed by atoms with van der Waals surface area (Å²) in [6.07, 6.45) is 5.51. The van der Waals surface area contributed by atoms with Crippen molar-refractivity contribution in [2.75, 3.05) is 29.9 Å². The maximum absolute atomic E-state index is 13.3. The van der Waals surface area contributed by atoms with Crippen molar-refractivity contribution in [3.05, 3.63) is 52.4 Å². The monoisotopic (exact) mass is 448 g/mol. The molecule has 2 aromatic rings. The first-order chi connectivity index (χ1) is 13.5. The Kier molecular flexibility index (Phi) is 6.97. The van der Waals surface area contributed by atoms with Gasteiger partial charge in [0.25, 0.3) is 5.91 Å². The fraction of sp³-hybridized carbons (Fsp3) is 0.350. The molecule has 2 amide bonds. The van der Waals surface area contributed by atoms with Gasteiger partial charge in [0.2, 0.25) is 5.91 Å². The summed E-state index contributed by atoms with van der Waals surface area (Å²) in [4.78, 5) is 30.7. The van der Waals surface area contributed by atoms with E-state index in [9.17, 15) is 14.0 Å². The summed E-state index contributed by atoms with van der Waals surface area (Å²) in [7, 11) is 0. The number of anilines is 2. The SMILES string of the molecule is O=C(CCNC(=O)c1cc(F)ccc1Br)Nc1ccc(N2CCCCC2)cn1. The maximum atomic E-state index is 13.3. The summed E-state index contributed by atoms with van der Waals surface area (Å²) in [5, 5.41) is 5.33. The van der Waals surface area contributed by atoms with E-state index in [-0.39, 0.29) is 24.4 Å². The summed E-state index contributed by atoms with van der Waals surface area (Å²) in [6.45, 7) is 2.21. The van der Waals surface area contributed by atoms with Crippen LogP contribution in [0.25, 0.3) is 0 Å². The molecule has 0 atom stereocenters. The highest BCUT2D eigenvalue weighted by Gasteiger charge is 2.13. The Labute approximate surface area is 171 Å². The van der Waals surface area contributed by atoms with Crippen molar-refractivity contribution in [1.82, 2.24) is 10.3 Å². The van der Waals surface area contributed by atoms with Gasteiger partial charge in [0.15, 0.2) is 0 Å². The van der Waals surface area contributed by atoms with E-state index >= 15 is 0 Å². The Balaban J connectivity index is 1.45. The molecule has 0 saturated carbocycles. The molecule has 1 saturated heterocycles. The second-order valence-electron chi connectivity index (χ2n) is 6.63. The molecule has 0 spiro atoms. The second kappa shape index (κ2) is 9.64. The van der Waals surface area contributed by atoms with Crippen LogP contribution in [0.3, 0.4) is 0 Å². The third kappa shape index (κ3) is 5.51. The van der Waals surface area contributed by atoms with Crippen LogP contribution in [0.2, 0.25) is 0 Å². The quantitative estimate of drug-likeness (QED) is 0.705. The molecule has 1 aliphatic heterocycles. The highest BCUT2D eigenvalue weighted by Crippen LogP contribution is 2.20. The number of benzene rings is 1. The molecule has 6 nitrogen and oxygen atoms in total. The minimum Gasteiger partial charge on any atom is -0.370 e. The molecule has 0 aliphatic carbocycles. The molecule has 3 rings (SSSR count). The number of amides is 2. The van der Waals surface area contributed by atoms with Gasteiger partial charge in [-0.05, 0) is 65.5 Å². The zero-order valence-electron chi connectivity index (χ0n) is 15.4. The smallest absolute Gasteiger partial charge is 0.252 e. The standard InChI is InChI=1S/C20H22BrFN4O2/c21-17-6-4-14(22)12-16(17)20(28)23-9-8-19(27)25-18-7-5-15(13-24-18)26-10-2-1-3-11-26/h4-7,12-13H,1-3,8-11H2,(H,23,28)(H,24,25,27). The molecule has 8 heteroatoms. The van der Waals surface area contributed by atoms with E-state index in [2.05, 4.69) is 36.4 Å². The highest BCUT2D eigenvalue weighted by atomic mass is 79.9. The highest BCUT2D eigenvalue weighted by molar-refractivity contribution is 9.10. The number of rotatable bonds is 6. The van der Waals surface area contributed by atoms with Gasteiger partial charge in [0.1, 0.15) is 11.6 Å². The molecule has 0 radical (unpaired) electrons. The Morgan fingerprint density at radius 2 is 1.93 bits per heavy atom. The summed E-state index contributed by atoms with van der Waals surface area (Å²) in [5.74, 6) is -0.713. The zero-order valence-corrected chi connectivity index (χ0v) is 17.0. The number of carbonyl (C=O) groups is 2. The molecule has 1 fully saturated rings. The van der Waals surface area contributed by atoms with Crippen molar-refractivity contribution in [2.45, 2.75) is 25.7 Å². The van der Waals surface area contributed by atoms with Crippen LogP contribution in [0.5, 0.6) is 0 Å². The minimum absolute atomic E-state index is 0.0915. The van der Waals surface area contributed by atoms with Crippen LogP contribution in [0.4, 0.5) is 15.9 Å². The first-order valence-corrected chi connectivity index (χ1v) is 10.1. The molecule has 1 aromatic carbocycles. The third-order valence-corrected chi connectivity index (χ3v) is 5.24. The van der Waals surface area contributed by atoms with E-state index in [4.69, 9.17) is 0 Å². The summed E-state index contributed by atoms with van der Waals surface area (Å²) in [5.41, 5.74) is 1.25. The normalized spacial score (nSPS) is 13.9. The van der Waals surface area contributed by atoms with Crippen molar-refractivity contribution in [2.24, 2.45) is 0 Å². The topological polar surface area (TPSA) is 74.3 Å². The van der Waals surface area contributed by atoms with E-state index in [1.54, 1.807) is 12.3 Å². The molecular weight excluding hydrogens is 427 g/mol. The fourth-order valence-corrected chi connectivity index (χ4v) is 3.49. The first kappa shape index (κ1) is 20.3. The van der Waals surface area contributed by atoms with Gasteiger partial charge < -0.3 is 15.5 Å². The third-order valence-electron chi connectivity index (χ3n) is 4.55. The number of piperidine rings is 1. The lowest BCUT2D eigenvalue weighted by Gasteiger charge is -2.28. The Bertz CT molecular complexity index is 839. The van der Waals surface area contributed by atoms with Gasteiger partial charge in [-0.25, -0.2) is 9.37 Å². The Morgan fingerprint density at radius 1 is 1.14 bits per heavy atom. The van der Waals surface area contributed by atoms with Gasteiger partial charge in [-0.3, -0.25) is 9.59 Å². The number of nitrogens with zero attached hydrogens (tertiary/aromatic N) is 2. The number of aromatic nitrogens is 1. The molecule has 1 aliphatic rings. The molecule has 0 unspecified atom stereocenters. The van der Waals surface area contributed by atoms with Crippen LogP contribution in [-0.2, 0) is 4.79 Å². The van der Waals surface area contributed by atoms with Gasteiger partial charge in [-0.1, -0.05) is 0 Å². The number of halogens is 2. The van der Waals surface area contributed by atoms with E-state index in [1.165, 1.54) is 31.4 Å². The number of nitrogens with one attached hydrogen (secondary N) is 2. The molecule has 0 bridgehead atoms. The van der Waals surface area contributed by atoms with Gasteiger partial charge >= 0.3 is 0 Å². The van der Waals surface area contributed by atoms with Gasteiger partial charge in [0.05, 0.1) is 17.4 Å². The van der Waals surface area contributed by atoms with Gasteiger partial charge in [-0.2, -0.15) is 0 Å². The van der Waals surface area contributed by atoms with Crippen LogP contribution >= 0.6 is 15.9 Å². The predicted molar refractivity (Wildman–Crippen MR) is 110 cm³/mol. The van der Waals surface area contributed by atoms with Crippen LogP contribution in [-0.4, -0.2) is 36.4 Å². The van der Waals surface area contributed by atoms with Gasteiger partial charge in [0, 0.05) is 30.5 Å². The zero-order chi connectivity index (χ0) is 19.9. The molecule has 2 N–H and O–H groups in total. The lowest BCUT2D eigenvalue weighted by molar-refractivity contribution is -0.116. The average Bonchev–Trinajstić information content (AvgIpc) is 2.71. The van der Waals surface area contributed by atoms with Crippen LogP contribution in [0, 0.1) is 5.82 Å². The summed E-state index contributed by atoms with van der Waals surface area (Å²) in [6, 6.07) is 7.61. The average molecular weight is 449 g/mol. The van der Waals surface area contributed by atoms with Crippen LogP contribution in [0.1, 0.15) is 36.0 Å². The molecular formula is C20H22BrFN4O2. The number of carbonyl (C=O) groups excluding carboxylic acids is 2. The largest absolute Gasteiger partial charge is 0.370 e. The minimum atomic E-state index is -0.495. The summed E-state index contributed by atoms with van der Waals surface area (Å²) >= 11 is 3.21. The van der Waals surface area contributed by atoms with E-state index in [0.717, 1.165) is 24.8 Å². The molecule has 1 aromatic heterocycles. The fourth-order valence-electron chi connectivity index (χ4n) is 3.06. The lowest BCUT2D eigenvalue weighted by atomic mass is 10.1. The molecule has 28 heavy (non-hydrogen) atoms. The Hall–Kier alpha value is -2.48. The van der Waals surface area contributed by atoms with Crippen LogP contribution in [0.15, 0.2) is 41.0 Å². The predicted octanol–water partition coefficient (Wildman–Crippen LogP) is 3.73. The van der Waals surface area contributed by atoms with Gasteiger partial charge in [-0.15, -0.1) is 0 Å². The first-order valence-electron chi connectivity index (χ1n) is 9.27. The van der Waals surface area contributed by atoms with Crippen LogP contribution < -0.4 is 15.5 Å². The molecule has 148 valence electrons. The van der Waals surface area contributed by atoms with Crippen molar-refractivity contribution < 1.29 is 14.0 Å². The summed E-state index contributed by atoms with van der Waals surface area (Å²) < 4.78 is 13.8.